The van der Waals surface area contributed by atoms with E-state index in [-0.39, 0.29) is 23.5 Å². The number of halogens is 1. The van der Waals surface area contributed by atoms with Crippen LogP contribution < -0.4 is 21.5 Å². The number of nitrogens with zero attached hydrogens (tertiary/aromatic N) is 2. The molecule has 0 aliphatic carbocycles. The number of carboxylic acids is 1. The third-order valence-corrected chi connectivity index (χ3v) is 4.32. The van der Waals surface area contributed by atoms with Crippen LogP contribution in [0.4, 0.5) is 0 Å². The molecule has 0 fully saturated rings. The molecule has 0 aliphatic rings. The monoisotopic (exact) mass is 388 g/mol. The molecule has 0 saturated heterocycles. The van der Waals surface area contributed by atoms with Gasteiger partial charge in [0.25, 0.3) is 5.82 Å². The normalized spacial score (nSPS) is 10.5. The van der Waals surface area contributed by atoms with Crippen molar-refractivity contribution in [3.63, 3.8) is 0 Å². The number of unbranched alkanes of at least 4 members (excludes halogenated alkanes) is 9. The minimum Gasteiger partial charge on any atom is -1.00 e. The highest BCUT2D eigenvalue weighted by molar-refractivity contribution is 5.64. The summed E-state index contributed by atoms with van der Waals surface area (Å²) in [5.41, 5.74) is 0. The van der Waals surface area contributed by atoms with Gasteiger partial charge in [0.1, 0.15) is 12.4 Å². The summed E-state index contributed by atoms with van der Waals surface area (Å²) in [6.45, 7) is 5.29. The Balaban J connectivity index is 0.00000484. The van der Waals surface area contributed by atoms with E-state index in [9.17, 15) is 4.79 Å². The molecule has 23 heavy (non-hydrogen) atoms. The molecule has 0 aliphatic heterocycles. The van der Waals surface area contributed by atoms with Crippen LogP contribution in [0.5, 0.6) is 0 Å². The maximum Gasteiger partial charge on any atom is 0.346 e. The molecule has 0 atom stereocenters. The van der Waals surface area contributed by atoms with Gasteiger partial charge in [-0.25, -0.2) is 13.9 Å². The predicted molar refractivity (Wildman–Crippen MR) is 88.8 cm³/mol. The van der Waals surface area contributed by atoms with Gasteiger partial charge in [-0.15, -0.1) is 0 Å². The van der Waals surface area contributed by atoms with E-state index >= 15 is 0 Å². The first-order valence-corrected chi connectivity index (χ1v) is 8.92. The molecular formula is C18H33BrN2O2. The molecule has 134 valence electrons. The Morgan fingerprint density at radius 2 is 1.57 bits per heavy atom. The van der Waals surface area contributed by atoms with Crippen molar-refractivity contribution in [1.29, 1.82) is 0 Å². The Morgan fingerprint density at radius 3 is 2.09 bits per heavy atom. The van der Waals surface area contributed by atoms with Crippen LogP contribution in [0.25, 0.3) is 0 Å². The quantitative estimate of drug-likeness (QED) is 0.406. The maximum atomic E-state index is 10.7. The van der Waals surface area contributed by atoms with Crippen molar-refractivity contribution in [2.45, 2.75) is 91.1 Å². The van der Waals surface area contributed by atoms with Crippen LogP contribution in [0.15, 0.2) is 12.4 Å². The second-order valence-electron chi connectivity index (χ2n) is 6.24. The third kappa shape index (κ3) is 9.80. The Hall–Kier alpha value is -0.840. The van der Waals surface area contributed by atoms with Crippen molar-refractivity contribution in [3.8, 4) is 0 Å². The van der Waals surface area contributed by atoms with Crippen molar-refractivity contribution in [2.24, 2.45) is 0 Å². The number of aryl methyl sites for hydroxylation is 1. The van der Waals surface area contributed by atoms with E-state index in [4.69, 9.17) is 5.11 Å². The van der Waals surface area contributed by atoms with Crippen LogP contribution in [0.3, 0.4) is 0 Å². The van der Waals surface area contributed by atoms with E-state index < -0.39 is 5.97 Å². The first-order chi connectivity index (χ1) is 10.6. The van der Waals surface area contributed by atoms with Crippen molar-refractivity contribution >= 4 is 5.97 Å². The SMILES string of the molecule is CCCCCCCCCCCCn1cc[n+](CC(=O)O)c1C.[Br-]. The Morgan fingerprint density at radius 1 is 1.04 bits per heavy atom. The van der Waals surface area contributed by atoms with E-state index in [0.717, 1.165) is 12.4 Å². The molecule has 0 bridgehead atoms. The third-order valence-electron chi connectivity index (χ3n) is 4.32. The smallest absolute Gasteiger partial charge is 0.346 e. The van der Waals surface area contributed by atoms with E-state index in [1.807, 2.05) is 19.3 Å². The number of carboxylic acid groups (broad SMARTS) is 1. The fourth-order valence-electron chi connectivity index (χ4n) is 2.86. The average molecular weight is 389 g/mol. The molecule has 5 heteroatoms. The van der Waals surface area contributed by atoms with Crippen LogP contribution in [0.2, 0.25) is 0 Å². The zero-order chi connectivity index (χ0) is 16.2. The first kappa shape index (κ1) is 22.2. The number of hydrogen-bond donors (Lipinski definition) is 1. The zero-order valence-electron chi connectivity index (χ0n) is 14.8. The summed E-state index contributed by atoms with van der Waals surface area (Å²) >= 11 is 0. The molecule has 4 nitrogen and oxygen atoms in total. The maximum absolute atomic E-state index is 10.7. The largest absolute Gasteiger partial charge is 1.00 e. The number of aliphatic carboxylic acids is 1. The lowest BCUT2D eigenvalue weighted by molar-refractivity contribution is -0.691. The van der Waals surface area contributed by atoms with Gasteiger partial charge in [-0.3, -0.25) is 0 Å². The molecule has 1 aromatic rings. The summed E-state index contributed by atoms with van der Waals surface area (Å²) in [5.74, 6) is 0.239. The minimum atomic E-state index is -0.787. The van der Waals surface area contributed by atoms with Crippen molar-refractivity contribution in [2.75, 3.05) is 0 Å². The van der Waals surface area contributed by atoms with Gasteiger partial charge >= 0.3 is 5.97 Å². The van der Waals surface area contributed by atoms with Crippen LogP contribution >= 0.6 is 0 Å². The van der Waals surface area contributed by atoms with Crippen molar-refractivity contribution in [1.82, 2.24) is 4.57 Å². The number of imidazole rings is 1. The summed E-state index contributed by atoms with van der Waals surface area (Å²) in [7, 11) is 0. The van der Waals surface area contributed by atoms with Crippen molar-refractivity contribution < 1.29 is 31.4 Å². The highest BCUT2D eigenvalue weighted by atomic mass is 79.9. The molecule has 1 aromatic heterocycles. The predicted octanol–water partition coefficient (Wildman–Crippen LogP) is 1.09. The zero-order valence-corrected chi connectivity index (χ0v) is 16.4. The molecule has 1 rings (SSSR count). The molecule has 0 radical (unpaired) electrons. The minimum absolute atomic E-state index is 0. The van der Waals surface area contributed by atoms with E-state index in [1.54, 1.807) is 4.57 Å². The Labute approximate surface area is 151 Å². The van der Waals surface area contributed by atoms with Crippen LogP contribution in [-0.4, -0.2) is 15.6 Å². The highest BCUT2D eigenvalue weighted by Gasteiger charge is 2.13. The Bertz CT molecular complexity index is 433. The molecule has 0 spiro atoms. The van der Waals surface area contributed by atoms with Crippen LogP contribution in [0.1, 0.15) is 77.0 Å². The van der Waals surface area contributed by atoms with Gasteiger partial charge in [-0.05, 0) is 12.8 Å². The fraction of sp³-hybridized carbons (Fsp3) is 0.778. The van der Waals surface area contributed by atoms with Gasteiger partial charge < -0.3 is 22.1 Å². The molecule has 1 N–H and O–H groups in total. The summed E-state index contributed by atoms with van der Waals surface area (Å²) in [5, 5.41) is 8.84. The van der Waals surface area contributed by atoms with E-state index in [0.29, 0.717) is 0 Å². The van der Waals surface area contributed by atoms with Gasteiger partial charge in [0.05, 0.1) is 6.54 Å². The molecule has 0 saturated carbocycles. The number of aromatic nitrogens is 2. The molecular weight excluding hydrogens is 356 g/mol. The van der Waals surface area contributed by atoms with E-state index in [2.05, 4.69) is 11.5 Å². The highest BCUT2D eigenvalue weighted by Crippen LogP contribution is 2.11. The van der Waals surface area contributed by atoms with Gasteiger partial charge in [0, 0.05) is 6.92 Å². The Kier molecular flexibility index (Phi) is 13.1. The second-order valence-corrected chi connectivity index (χ2v) is 6.24. The van der Waals surface area contributed by atoms with Crippen LogP contribution in [-0.2, 0) is 17.9 Å². The first-order valence-electron chi connectivity index (χ1n) is 8.92. The molecule has 0 amide bonds. The summed E-state index contributed by atoms with van der Waals surface area (Å²) in [4.78, 5) is 10.7. The van der Waals surface area contributed by atoms with Crippen molar-refractivity contribution in [3.05, 3.63) is 18.2 Å². The standard InChI is InChI=1S/C18H32N2O2.BrH/c1-3-4-5-6-7-8-9-10-11-12-13-19-14-15-20(17(19)2)16-18(21)22;/h14-15H,3-13,16H2,1-2H3;1H. The van der Waals surface area contributed by atoms with Gasteiger partial charge in [-0.1, -0.05) is 58.3 Å². The summed E-state index contributed by atoms with van der Waals surface area (Å²) in [6.07, 6.45) is 17.3. The molecule has 0 unspecified atom stereocenters. The summed E-state index contributed by atoms with van der Waals surface area (Å²) < 4.78 is 3.95. The topological polar surface area (TPSA) is 46.1 Å². The van der Waals surface area contributed by atoms with Gasteiger partial charge in [0.2, 0.25) is 0 Å². The molecule has 0 aromatic carbocycles. The lowest BCUT2D eigenvalue weighted by atomic mass is 10.1. The number of rotatable bonds is 13. The number of carbonyl (C=O) groups is 1. The van der Waals surface area contributed by atoms with E-state index in [1.165, 1.54) is 64.2 Å². The van der Waals surface area contributed by atoms with Crippen LogP contribution in [0, 0.1) is 6.92 Å². The molecule has 1 heterocycles. The van der Waals surface area contributed by atoms with Gasteiger partial charge in [-0.2, -0.15) is 0 Å². The lowest BCUT2D eigenvalue weighted by Crippen LogP contribution is -3.00. The number of hydrogen-bond acceptors (Lipinski definition) is 1. The average Bonchev–Trinajstić information content (AvgIpc) is 2.81. The fourth-order valence-corrected chi connectivity index (χ4v) is 2.86. The summed E-state index contributed by atoms with van der Waals surface area (Å²) in [6, 6.07) is 0. The lowest BCUT2D eigenvalue weighted by Gasteiger charge is -2.02. The van der Waals surface area contributed by atoms with Gasteiger partial charge in [0.15, 0.2) is 6.54 Å². The second kappa shape index (κ2) is 13.6.